The average molecular weight is 757 g/mol. The van der Waals surface area contributed by atoms with Crippen LogP contribution < -0.4 is 10.6 Å². The maximum atomic E-state index is 16.8. The molecule has 5 saturated heterocycles. The molecular formula is C40H61FN6O7. The average Bonchev–Trinajstić information content (AvgIpc) is 3.80. The Morgan fingerprint density at radius 1 is 0.833 bits per heavy atom. The lowest BCUT2D eigenvalue weighted by Gasteiger charge is -2.61. The monoisotopic (exact) mass is 756 g/mol. The molecule has 0 aromatic carbocycles. The molecule has 0 bridgehead atoms. The van der Waals surface area contributed by atoms with Gasteiger partial charge in [0.25, 0.3) is 5.91 Å². The Balaban J connectivity index is 0.877. The summed E-state index contributed by atoms with van der Waals surface area (Å²) in [5.74, 6) is -0.196. The number of morpholine rings is 3. The molecule has 3 saturated carbocycles. The van der Waals surface area contributed by atoms with E-state index in [1.165, 1.54) is 19.3 Å². The van der Waals surface area contributed by atoms with Crippen molar-refractivity contribution in [3.8, 4) is 0 Å². The van der Waals surface area contributed by atoms with Crippen molar-refractivity contribution in [2.75, 3.05) is 85.3 Å². The summed E-state index contributed by atoms with van der Waals surface area (Å²) < 4.78 is 41.6. The van der Waals surface area contributed by atoms with Crippen molar-refractivity contribution >= 4 is 17.6 Å². The summed E-state index contributed by atoms with van der Waals surface area (Å²) in [6.45, 7) is 9.14. The van der Waals surface area contributed by atoms with Crippen LogP contribution in [0.5, 0.6) is 0 Å². The summed E-state index contributed by atoms with van der Waals surface area (Å²) >= 11 is 0. The van der Waals surface area contributed by atoms with Crippen molar-refractivity contribution in [2.45, 2.75) is 119 Å². The second-order valence-corrected chi connectivity index (χ2v) is 17.5. The lowest BCUT2D eigenvalue weighted by atomic mass is 9.67. The van der Waals surface area contributed by atoms with Gasteiger partial charge < -0.3 is 39.4 Å². The summed E-state index contributed by atoms with van der Waals surface area (Å²) in [7, 11) is 0. The van der Waals surface area contributed by atoms with Crippen molar-refractivity contribution in [1.29, 1.82) is 0 Å². The number of likely N-dealkylation sites (tertiary alicyclic amines) is 1. The number of hydrogen-bond donors (Lipinski definition) is 2. The second-order valence-electron chi connectivity index (χ2n) is 17.5. The number of halogens is 1. The molecule has 6 heterocycles. The van der Waals surface area contributed by atoms with E-state index >= 15 is 4.39 Å². The summed E-state index contributed by atoms with van der Waals surface area (Å²) in [4.78, 5) is 49.8. The Labute approximate surface area is 318 Å². The van der Waals surface area contributed by atoms with Crippen molar-refractivity contribution in [3.63, 3.8) is 0 Å². The van der Waals surface area contributed by atoms with Crippen molar-refractivity contribution in [1.82, 2.24) is 30.2 Å². The van der Waals surface area contributed by atoms with Crippen LogP contribution in [-0.4, -0.2) is 177 Å². The van der Waals surface area contributed by atoms with Crippen LogP contribution in [0.2, 0.25) is 0 Å². The third kappa shape index (κ3) is 7.38. The lowest BCUT2D eigenvalue weighted by Crippen LogP contribution is -2.73. The SMILES string of the molecule is O=C(CCNCCCN1CCOCC1)N[C@@H]1CCN(C2C(F)CC3C(=O)C(C(=O)N4CCOCC4)=CN4C5CC6OC7CCCCC7C6CC5OC2C34)C1. The van der Waals surface area contributed by atoms with Gasteiger partial charge in [-0.05, 0) is 69.9 Å². The second kappa shape index (κ2) is 16.3. The van der Waals surface area contributed by atoms with E-state index in [4.69, 9.17) is 18.9 Å². The zero-order chi connectivity index (χ0) is 36.8. The number of ketones is 1. The topological polar surface area (TPSA) is 125 Å². The molecule has 6 aliphatic heterocycles. The number of alkyl halides is 1. The normalized spacial score (nSPS) is 41.1. The molecule has 11 unspecified atom stereocenters. The van der Waals surface area contributed by atoms with Gasteiger partial charge in [0, 0.05) is 70.4 Å². The fourth-order valence-electron chi connectivity index (χ4n) is 11.8. The molecule has 12 atom stereocenters. The number of ether oxygens (including phenoxy) is 4. The molecule has 2 N–H and O–H groups in total. The summed E-state index contributed by atoms with van der Waals surface area (Å²) in [5, 5.41) is 6.64. The highest BCUT2D eigenvalue weighted by Crippen LogP contribution is 2.53. The van der Waals surface area contributed by atoms with Crippen LogP contribution in [0.4, 0.5) is 4.39 Å². The van der Waals surface area contributed by atoms with Gasteiger partial charge in [-0.3, -0.25) is 24.2 Å². The zero-order valence-corrected chi connectivity index (χ0v) is 31.8. The Bertz CT molecular complexity index is 1410. The van der Waals surface area contributed by atoms with E-state index in [-0.39, 0.29) is 59.9 Å². The molecule has 54 heavy (non-hydrogen) atoms. The van der Waals surface area contributed by atoms with Gasteiger partial charge in [-0.1, -0.05) is 12.8 Å². The highest BCUT2D eigenvalue weighted by Gasteiger charge is 2.62. The molecule has 3 aliphatic carbocycles. The maximum absolute atomic E-state index is 16.8. The number of nitrogens with one attached hydrogen (secondary N) is 2. The van der Waals surface area contributed by atoms with Crippen molar-refractivity contribution < 1.29 is 37.7 Å². The van der Waals surface area contributed by atoms with E-state index in [9.17, 15) is 14.4 Å². The molecule has 300 valence electrons. The van der Waals surface area contributed by atoms with E-state index in [0.29, 0.717) is 70.3 Å². The summed E-state index contributed by atoms with van der Waals surface area (Å²) in [6, 6.07) is -0.968. The van der Waals surface area contributed by atoms with Crippen LogP contribution >= 0.6 is 0 Å². The quantitative estimate of drug-likeness (QED) is 0.246. The molecule has 2 amide bonds. The standard InChI is InChI=1S/C40H61FN6O7/c41-30-20-28-36-39(37(30)46-11-7-25(23-46)43-35(48)6-9-42-8-3-10-44-12-16-51-17-13-44)54-34-21-27-26-4-1-2-5-32(26)53-33(27)22-31(34)47(36)24-29(38(28)49)40(50)45-14-18-52-19-15-45/h24-28,30-34,36-37,39,42H,1-23H2,(H,43,48)/t25-,26?,27?,28?,30?,31?,32?,33?,34?,36?,37?,39?/m1/s1. The smallest absolute Gasteiger partial charge is 0.259 e. The highest BCUT2D eigenvalue weighted by atomic mass is 19.1. The number of Topliss-reactive ketones (excluding diaryl/α,β-unsaturated/α-hetero) is 1. The van der Waals surface area contributed by atoms with Crippen molar-refractivity contribution in [2.24, 2.45) is 17.8 Å². The number of carbonyl (C=O) groups is 3. The number of hydrogen-bond acceptors (Lipinski definition) is 11. The maximum Gasteiger partial charge on any atom is 0.259 e. The number of rotatable bonds is 10. The fourth-order valence-corrected chi connectivity index (χ4v) is 11.8. The summed E-state index contributed by atoms with van der Waals surface area (Å²) in [6.07, 6.45) is 9.02. The first-order chi connectivity index (χ1) is 26.4. The molecule has 0 aromatic heterocycles. The largest absolute Gasteiger partial charge is 0.379 e. The van der Waals surface area contributed by atoms with E-state index in [1.54, 1.807) is 4.90 Å². The van der Waals surface area contributed by atoms with Crippen molar-refractivity contribution in [3.05, 3.63) is 11.8 Å². The van der Waals surface area contributed by atoms with Gasteiger partial charge in [-0.25, -0.2) is 4.39 Å². The predicted molar refractivity (Wildman–Crippen MR) is 196 cm³/mol. The van der Waals surface area contributed by atoms with Gasteiger partial charge >= 0.3 is 0 Å². The molecule has 14 heteroatoms. The Morgan fingerprint density at radius 3 is 2.46 bits per heavy atom. The first kappa shape index (κ1) is 37.4. The minimum atomic E-state index is -1.29. The Hall–Kier alpha value is -2.20. The van der Waals surface area contributed by atoms with Crippen LogP contribution in [0.1, 0.15) is 64.2 Å². The summed E-state index contributed by atoms with van der Waals surface area (Å²) in [5.41, 5.74) is 0.182. The van der Waals surface area contributed by atoms with Gasteiger partial charge in [0.1, 0.15) is 6.17 Å². The van der Waals surface area contributed by atoms with Gasteiger partial charge in [0.15, 0.2) is 5.78 Å². The molecule has 8 fully saturated rings. The molecule has 0 radical (unpaired) electrons. The predicted octanol–water partition coefficient (Wildman–Crippen LogP) is 1.11. The Kier molecular flexibility index (Phi) is 11.3. The van der Waals surface area contributed by atoms with Crippen LogP contribution in [0, 0.1) is 17.8 Å². The van der Waals surface area contributed by atoms with Crippen LogP contribution in [0.3, 0.4) is 0 Å². The van der Waals surface area contributed by atoms with E-state index < -0.39 is 24.2 Å². The van der Waals surface area contributed by atoms with Gasteiger partial charge in [-0.15, -0.1) is 0 Å². The first-order valence-corrected chi connectivity index (χ1v) is 21.3. The number of fused-ring (bicyclic) bond motifs is 5. The van der Waals surface area contributed by atoms with Crippen LogP contribution in [0.15, 0.2) is 11.8 Å². The molecule has 13 nitrogen and oxygen atoms in total. The minimum Gasteiger partial charge on any atom is -0.379 e. The Morgan fingerprint density at radius 2 is 1.63 bits per heavy atom. The zero-order valence-electron chi connectivity index (χ0n) is 31.8. The molecule has 9 aliphatic rings. The third-order valence-corrected chi connectivity index (χ3v) is 14.4. The highest BCUT2D eigenvalue weighted by molar-refractivity contribution is 6.20. The molecule has 0 aromatic rings. The van der Waals surface area contributed by atoms with Gasteiger partial charge in [0.2, 0.25) is 5.91 Å². The number of nitrogens with zero attached hydrogens (tertiary/aromatic N) is 4. The number of carbonyl (C=O) groups excluding carboxylic acids is 3. The molecular weight excluding hydrogens is 695 g/mol. The lowest BCUT2D eigenvalue weighted by molar-refractivity contribution is -0.220. The van der Waals surface area contributed by atoms with Crippen LogP contribution in [-0.2, 0) is 33.3 Å². The molecule has 9 rings (SSSR count). The van der Waals surface area contributed by atoms with Gasteiger partial charge in [-0.2, -0.15) is 0 Å². The molecule has 0 spiro atoms. The van der Waals surface area contributed by atoms with E-state index in [0.717, 1.165) is 71.5 Å². The van der Waals surface area contributed by atoms with Gasteiger partial charge in [0.05, 0.1) is 74.5 Å². The first-order valence-electron chi connectivity index (χ1n) is 21.3. The van der Waals surface area contributed by atoms with E-state index in [1.807, 2.05) is 6.20 Å². The third-order valence-electron chi connectivity index (χ3n) is 14.4. The van der Waals surface area contributed by atoms with E-state index in [2.05, 4.69) is 25.3 Å². The minimum absolute atomic E-state index is 0.0167. The van der Waals surface area contributed by atoms with Crippen LogP contribution in [0.25, 0.3) is 0 Å². The fraction of sp³-hybridized carbons (Fsp3) is 0.875. The number of amides is 2.